The Bertz CT molecular complexity index is 489. The first-order chi connectivity index (χ1) is 10.5. The van der Waals surface area contributed by atoms with Crippen LogP contribution < -0.4 is 15.2 Å². The van der Waals surface area contributed by atoms with E-state index in [-0.39, 0.29) is 18.3 Å². The predicted octanol–water partition coefficient (Wildman–Crippen LogP) is 1.46. The van der Waals surface area contributed by atoms with E-state index in [9.17, 15) is 4.79 Å². The van der Waals surface area contributed by atoms with Gasteiger partial charge >= 0.3 is 0 Å². The van der Waals surface area contributed by atoms with Crippen molar-refractivity contribution in [2.75, 3.05) is 40.5 Å². The molecule has 2 N–H and O–H groups in total. The van der Waals surface area contributed by atoms with E-state index >= 15 is 0 Å². The molecule has 0 radical (unpaired) electrons. The molecule has 0 bridgehead atoms. The van der Waals surface area contributed by atoms with Crippen molar-refractivity contribution < 1.29 is 19.0 Å². The lowest BCUT2D eigenvalue weighted by Crippen LogP contribution is -2.57. The average molecular weight is 345 g/mol. The van der Waals surface area contributed by atoms with E-state index in [1.165, 1.54) is 0 Å². The van der Waals surface area contributed by atoms with Crippen molar-refractivity contribution in [2.24, 2.45) is 5.73 Å². The summed E-state index contributed by atoms with van der Waals surface area (Å²) < 4.78 is 16.0. The lowest BCUT2D eigenvalue weighted by Gasteiger charge is -2.35. The molecule has 1 aliphatic heterocycles. The van der Waals surface area contributed by atoms with Gasteiger partial charge in [0.2, 0.25) is 5.91 Å². The van der Waals surface area contributed by atoms with Crippen LogP contribution in [-0.4, -0.2) is 56.9 Å². The van der Waals surface area contributed by atoms with Gasteiger partial charge in [-0.15, -0.1) is 12.4 Å². The van der Waals surface area contributed by atoms with Gasteiger partial charge in [0.1, 0.15) is 18.1 Å². The molecule has 1 heterocycles. The summed E-state index contributed by atoms with van der Waals surface area (Å²) in [5.41, 5.74) is 5.39. The minimum absolute atomic E-state index is 0. The summed E-state index contributed by atoms with van der Waals surface area (Å²) in [5, 5.41) is 0. The Balaban J connectivity index is 0.00000264. The minimum atomic E-state index is -0.798. The predicted molar refractivity (Wildman–Crippen MR) is 90.3 cm³/mol. The highest BCUT2D eigenvalue weighted by atomic mass is 35.5. The second-order valence-electron chi connectivity index (χ2n) is 5.52. The number of amides is 1. The van der Waals surface area contributed by atoms with E-state index in [0.29, 0.717) is 39.2 Å². The van der Waals surface area contributed by atoms with E-state index < -0.39 is 5.54 Å². The summed E-state index contributed by atoms with van der Waals surface area (Å²) in [4.78, 5) is 14.1. The largest absolute Gasteiger partial charge is 0.497 e. The lowest BCUT2D eigenvalue weighted by atomic mass is 9.90. The van der Waals surface area contributed by atoms with Gasteiger partial charge in [-0.1, -0.05) is 0 Å². The number of nitrogens with two attached hydrogens (primary N) is 1. The van der Waals surface area contributed by atoms with Crippen LogP contribution in [0.15, 0.2) is 24.3 Å². The number of benzene rings is 1. The van der Waals surface area contributed by atoms with Crippen LogP contribution in [0.1, 0.15) is 12.8 Å². The molecule has 6 nitrogen and oxygen atoms in total. The van der Waals surface area contributed by atoms with Crippen molar-refractivity contribution in [3.63, 3.8) is 0 Å². The highest BCUT2D eigenvalue weighted by molar-refractivity contribution is 5.86. The highest BCUT2D eigenvalue weighted by Crippen LogP contribution is 2.20. The molecule has 1 aliphatic rings. The zero-order chi connectivity index (χ0) is 16.0. The van der Waals surface area contributed by atoms with Crippen molar-refractivity contribution in [2.45, 2.75) is 18.4 Å². The fourth-order valence-corrected chi connectivity index (χ4v) is 2.40. The third-order valence-corrected chi connectivity index (χ3v) is 3.91. The van der Waals surface area contributed by atoms with E-state index in [4.69, 9.17) is 19.9 Å². The molecule has 1 aromatic rings. The maximum atomic E-state index is 12.4. The molecule has 1 amide bonds. The van der Waals surface area contributed by atoms with Crippen LogP contribution in [0.25, 0.3) is 0 Å². The smallest absolute Gasteiger partial charge is 0.242 e. The molecule has 0 spiro atoms. The van der Waals surface area contributed by atoms with Gasteiger partial charge in [-0.3, -0.25) is 4.79 Å². The zero-order valence-corrected chi connectivity index (χ0v) is 14.4. The van der Waals surface area contributed by atoms with Crippen LogP contribution in [0.3, 0.4) is 0 Å². The molecule has 1 saturated heterocycles. The monoisotopic (exact) mass is 344 g/mol. The van der Waals surface area contributed by atoms with Crippen molar-refractivity contribution in [1.82, 2.24) is 4.90 Å². The van der Waals surface area contributed by atoms with E-state index in [0.717, 1.165) is 11.5 Å². The van der Waals surface area contributed by atoms with Gasteiger partial charge < -0.3 is 24.8 Å². The minimum Gasteiger partial charge on any atom is -0.497 e. The van der Waals surface area contributed by atoms with Crippen LogP contribution in [0, 0.1) is 0 Å². The maximum absolute atomic E-state index is 12.4. The Morgan fingerprint density at radius 3 is 2.39 bits per heavy atom. The molecule has 0 saturated carbocycles. The highest BCUT2D eigenvalue weighted by Gasteiger charge is 2.37. The number of hydrogen-bond donors (Lipinski definition) is 1. The van der Waals surface area contributed by atoms with Gasteiger partial charge in [-0.05, 0) is 37.1 Å². The molecule has 0 atom stereocenters. The third-order valence-electron chi connectivity index (χ3n) is 3.91. The molecule has 23 heavy (non-hydrogen) atoms. The molecule has 7 heteroatoms. The fraction of sp³-hybridized carbons (Fsp3) is 0.562. The summed E-state index contributed by atoms with van der Waals surface area (Å²) in [7, 11) is 3.37. The number of hydrogen-bond acceptors (Lipinski definition) is 5. The molecule has 1 fully saturated rings. The maximum Gasteiger partial charge on any atom is 0.242 e. The summed E-state index contributed by atoms with van der Waals surface area (Å²) >= 11 is 0. The first-order valence-electron chi connectivity index (χ1n) is 7.44. The molecule has 0 unspecified atom stereocenters. The van der Waals surface area contributed by atoms with Gasteiger partial charge in [0.15, 0.2) is 0 Å². The molecule has 0 aromatic heterocycles. The van der Waals surface area contributed by atoms with Crippen LogP contribution in [0.4, 0.5) is 0 Å². The Hall–Kier alpha value is -1.50. The summed E-state index contributed by atoms with van der Waals surface area (Å²) in [6, 6.07) is 7.34. The van der Waals surface area contributed by atoms with E-state index in [2.05, 4.69) is 0 Å². The molecule has 0 aliphatic carbocycles. The van der Waals surface area contributed by atoms with Crippen LogP contribution in [0.5, 0.6) is 11.5 Å². The van der Waals surface area contributed by atoms with E-state index in [1.807, 2.05) is 24.3 Å². The topological polar surface area (TPSA) is 74.0 Å². The van der Waals surface area contributed by atoms with Crippen LogP contribution in [-0.2, 0) is 9.53 Å². The molecular weight excluding hydrogens is 320 g/mol. The van der Waals surface area contributed by atoms with Gasteiger partial charge in [0, 0.05) is 20.3 Å². The number of methoxy groups -OCH3 is 1. The first-order valence-corrected chi connectivity index (χ1v) is 7.44. The number of carbonyl (C=O) groups is 1. The number of nitrogens with zero attached hydrogens (tertiary/aromatic N) is 1. The SMILES string of the molecule is COc1ccc(OCCN(C)C(=O)C2(N)CCOCC2)cc1.Cl. The summed E-state index contributed by atoms with van der Waals surface area (Å²) in [5.74, 6) is 1.48. The summed E-state index contributed by atoms with van der Waals surface area (Å²) in [6.07, 6.45) is 1.13. The number of halogens is 1. The molecule has 1 aromatic carbocycles. The zero-order valence-electron chi connectivity index (χ0n) is 13.6. The molecule has 130 valence electrons. The van der Waals surface area contributed by atoms with Gasteiger partial charge in [0.05, 0.1) is 19.2 Å². The second kappa shape index (κ2) is 8.96. The van der Waals surface area contributed by atoms with Gasteiger partial charge in [0.25, 0.3) is 0 Å². The van der Waals surface area contributed by atoms with E-state index in [1.54, 1.807) is 19.1 Å². The van der Waals surface area contributed by atoms with Gasteiger partial charge in [-0.25, -0.2) is 0 Å². The standard InChI is InChI=1S/C16H24N2O4.ClH/c1-18(15(19)16(17)7-10-21-11-8-16)9-12-22-14-5-3-13(20-2)4-6-14;/h3-6H,7-12,17H2,1-2H3;1H. The normalized spacial score (nSPS) is 16.1. The van der Waals surface area contributed by atoms with Crippen LogP contribution in [0.2, 0.25) is 0 Å². The van der Waals surface area contributed by atoms with Crippen molar-refractivity contribution in [3.8, 4) is 11.5 Å². The molecule has 2 rings (SSSR count). The Kier molecular flexibility index (Phi) is 7.61. The number of ether oxygens (including phenoxy) is 3. The number of rotatable bonds is 6. The molecular formula is C16H25ClN2O4. The fourth-order valence-electron chi connectivity index (χ4n) is 2.40. The van der Waals surface area contributed by atoms with Crippen LogP contribution >= 0.6 is 12.4 Å². The Labute approximate surface area is 143 Å². The first kappa shape index (κ1) is 19.5. The van der Waals surface area contributed by atoms with Gasteiger partial charge in [-0.2, -0.15) is 0 Å². The number of carbonyl (C=O) groups excluding carboxylic acids is 1. The van der Waals surface area contributed by atoms with Crippen molar-refractivity contribution in [3.05, 3.63) is 24.3 Å². The Morgan fingerprint density at radius 2 is 1.83 bits per heavy atom. The lowest BCUT2D eigenvalue weighted by molar-refractivity contribution is -0.139. The van der Waals surface area contributed by atoms with Crippen molar-refractivity contribution >= 4 is 18.3 Å². The average Bonchev–Trinajstić information content (AvgIpc) is 2.55. The summed E-state index contributed by atoms with van der Waals surface area (Å²) in [6.45, 7) is 1.99. The quantitative estimate of drug-likeness (QED) is 0.845. The Morgan fingerprint density at radius 1 is 1.26 bits per heavy atom. The van der Waals surface area contributed by atoms with Crippen molar-refractivity contribution in [1.29, 1.82) is 0 Å². The second-order valence-corrected chi connectivity index (χ2v) is 5.52. The third kappa shape index (κ3) is 5.27. The number of likely N-dealkylation sites (N-methyl/N-ethyl adjacent to an activating group) is 1.